The van der Waals surface area contributed by atoms with E-state index in [-0.39, 0.29) is 58.8 Å². The summed E-state index contributed by atoms with van der Waals surface area (Å²) in [6, 6.07) is 9.36. The van der Waals surface area contributed by atoms with Crippen molar-refractivity contribution in [3.05, 3.63) is 135 Å². The zero-order chi connectivity index (χ0) is 64.7. The van der Waals surface area contributed by atoms with Crippen molar-refractivity contribution in [1.82, 2.24) is 76.8 Å². The molecule has 91 heavy (non-hydrogen) atoms. The lowest BCUT2D eigenvalue weighted by atomic mass is 10.0. The lowest BCUT2D eigenvalue weighted by Gasteiger charge is -2.23. The second-order valence-corrected chi connectivity index (χ2v) is 30.2. The van der Waals surface area contributed by atoms with Gasteiger partial charge in [0.15, 0.2) is 0 Å². The summed E-state index contributed by atoms with van der Waals surface area (Å²) in [5.74, 6) is -3.91. The van der Waals surface area contributed by atoms with E-state index in [4.69, 9.17) is 46.9 Å². The summed E-state index contributed by atoms with van der Waals surface area (Å²) in [6.45, 7) is 10.3. The smallest absolute Gasteiger partial charge is 0.308 e. The Hall–Kier alpha value is -7.60. The Balaban J connectivity index is 1.02. The average molecular weight is 1400 g/mol. The number of aromatic amines is 1. The maximum absolute atomic E-state index is 14.5. The minimum Gasteiger partial charge on any atom is -0.460 e. The molecule has 1 aliphatic heterocycles. The number of H-pyrrole nitrogens is 1. The molecule has 8 aromatic heterocycles. The Bertz CT molecular complexity index is 4170. The van der Waals surface area contributed by atoms with E-state index in [9.17, 15) is 38.7 Å². The third-order valence-electron chi connectivity index (χ3n) is 13.3. The number of esters is 1. The number of ether oxygens (including phenoxy) is 1. The summed E-state index contributed by atoms with van der Waals surface area (Å²) in [5.41, 5.74) is 2.64. The number of nitrogens with one attached hydrogen (secondary N) is 7. The van der Waals surface area contributed by atoms with Crippen molar-refractivity contribution < 1.29 is 43.4 Å². The topological polar surface area (TPSA) is 340 Å². The van der Waals surface area contributed by atoms with Crippen LogP contribution in [0.3, 0.4) is 0 Å². The highest BCUT2D eigenvalue weighted by Gasteiger charge is 2.33. The van der Waals surface area contributed by atoms with E-state index < -0.39 is 77.8 Å². The zero-order valence-electron chi connectivity index (χ0n) is 49.4. The summed E-state index contributed by atoms with van der Waals surface area (Å²) in [5, 5.41) is 37.9. The second kappa shape index (κ2) is 29.3. The van der Waals surface area contributed by atoms with Crippen molar-refractivity contribution in [2.75, 3.05) is 20.1 Å². The van der Waals surface area contributed by atoms with Gasteiger partial charge in [-0.2, -0.15) is 0 Å². The zero-order valence-corrected chi connectivity index (χ0v) is 56.7. The first kappa shape index (κ1) is 66.3. The first-order valence-corrected chi connectivity index (χ1v) is 35.7. The molecule has 0 aliphatic carbocycles. The molecule has 9 aromatic rings. The molecule has 4 atom stereocenters. The molecule has 10 rings (SSSR count). The second-order valence-electron chi connectivity index (χ2n) is 21.4. The Kier molecular flexibility index (Phi) is 21.4. The van der Waals surface area contributed by atoms with Gasteiger partial charge in [-0.3, -0.25) is 33.6 Å². The number of fused-ring (bicyclic) bond motifs is 14. The molecule has 0 saturated carbocycles. The molecule has 6 amide bonds. The Morgan fingerprint density at radius 2 is 1.48 bits per heavy atom. The van der Waals surface area contributed by atoms with E-state index in [1.165, 1.54) is 80.3 Å². The highest BCUT2D eigenvalue weighted by Crippen LogP contribution is 2.41. The molecule has 0 fully saturated rings. The van der Waals surface area contributed by atoms with Crippen LogP contribution in [0.5, 0.6) is 0 Å². The number of aliphatic hydroxyl groups is 1. The number of pyridine rings is 1. The first-order chi connectivity index (χ1) is 43.6. The molecular weight excluding hydrogens is 1340 g/mol. The van der Waals surface area contributed by atoms with Gasteiger partial charge in [0.05, 0.1) is 55.4 Å². The van der Waals surface area contributed by atoms with Crippen molar-refractivity contribution >= 4 is 147 Å². The molecule has 1 aromatic carbocycles. The maximum Gasteiger partial charge on any atom is 0.308 e. The molecule has 472 valence electrons. The summed E-state index contributed by atoms with van der Waals surface area (Å²) >= 11 is 12.7. The predicted octanol–water partition coefficient (Wildman–Crippen LogP) is 9.61. The lowest BCUT2D eigenvalue weighted by molar-refractivity contribution is -0.154. The van der Waals surface area contributed by atoms with Gasteiger partial charge in [0, 0.05) is 56.2 Å². The number of thiocarbonyl (C=S) groups is 1. The highest BCUT2D eigenvalue weighted by atomic mass is 33.1. The number of nitrogens with zero attached hydrogens (tertiary/aromatic N) is 8. The Labute approximate surface area is 558 Å². The molecule has 33 heteroatoms. The van der Waals surface area contributed by atoms with Crippen LogP contribution in [-0.2, 0) is 24.9 Å². The monoisotopic (exact) mass is 1400 g/mol. The van der Waals surface area contributed by atoms with E-state index in [0.717, 1.165) is 22.7 Å². The van der Waals surface area contributed by atoms with Crippen molar-refractivity contribution in [3.63, 3.8) is 0 Å². The number of carbonyl (C=O) groups excluding carboxylic acids is 7. The molecular formula is C58H57N15O9S9. The van der Waals surface area contributed by atoms with Gasteiger partial charge in [-0.15, -0.1) is 68.0 Å². The van der Waals surface area contributed by atoms with E-state index in [0.29, 0.717) is 78.6 Å². The molecule has 4 unspecified atom stereocenters. The molecule has 1 aliphatic rings. The number of hydrogen-bond acceptors (Lipinski definition) is 26. The van der Waals surface area contributed by atoms with Crippen LogP contribution in [0, 0.1) is 12.8 Å². The number of thiazole rings is 6. The number of hydrogen-bond donors (Lipinski definition) is 8. The number of imidazole rings is 1. The van der Waals surface area contributed by atoms with Crippen LogP contribution in [0.2, 0.25) is 0 Å². The Morgan fingerprint density at radius 3 is 2.23 bits per heavy atom. The Morgan fingerprint density at radius 1 is 0.758 bits per heavy atom. The SMILES string of the molecule is CNC(=O)CC1NC(=O)c2csc(n2)-c2ccc(-c3nc(C(=O)NCCC(=O)OC(C)(C)C)cs3)nc2-c2csc(n2)-c2csc(n2)C(C(O)c2ccccc2)NC(=O)CNC(=O)c2nc(sc2CSSC(=S)c2cnc[nH]2)C(C(C)C)NC(=O)c2nc1sc2C. The van der Waals surface area contributed by atoms with Gasteiger partial charge in [-0.25, -0.2) is 39.9 Å². The molecule has 8 N–H and O–H groups in total. The molecule has 0 saturated heterocycles. The predicted molar refractivity (Wildman–Crippen MR) is 358 cm³/mol. The fraction of sp³-hybridized carbons (Fsp3) is 0.310. The summed E-state index contributed by atoms with van der Waals surface area (Å²) in [7, 11) is 4.13. The highest BCUT2D eigenvalue weighted by molar-refractivity contribution is 8.83. The van der Waals surface area contributed by atoms with Gasteiger partial charge in [-0.05, 0) is 62.1 Å². The number of amides is 6. The average Bonchev–Trinajstić information content (AvgIpc) is 1.72. The number of benzene rings is 1. The van der Waals surface area contributed by atoms with Crippen LogP contribution in [0.25, 0.3) is 43.4 Å². The lowest BCUT2D eigenvalue weighted by Crippen LogP contribution is -2.40. The largest absolute Gasteiger partial charge is 0.460 e. The van der Waals surface area contributed by atoms with Gasteiger partial charge in [0.25, 0.3) is 23.6 Å². The van der Waals surface area contributed by atoms with Gasteiger partial charge in [0.2, 0.25) is 11.8 Å². The van der Waals surface area contributed by atoms with Crippen LogP contribution >= 0.6 is 102 Å². The first-order valence-electron chi connectivity index (χ1n) is 27.9. The van der Waals surface area contributed by atoms with Crippen LogP contribution < -0.4 is 31.9 Å². The normalized spacial score (nSPS) is 16.0. The number of aromatic nitrogens is 9. The number of aliphatic hydroxyl groups excluding tert-OH is 1. The third-order valence-corrected chi connectivity index (χ3v) is 22.1. The number of rotatable bonds is 14. The van der Waals surface area contributed by atoms with Crippen molar-refractivity contribution in [1.29, 1.82) is 0 Å². The fourth-order valence-corrected chi connectivity index (χ4v) is 17.1. The minimum absolute atomic E-state index is 0.0100. The summed E-state index contributed by atoms with van der Waals surface area (Å²) in [4.78, 5) is 138. The summed E-state index contributed by atoms with van der Waals surface area (Å²) < 4.78 is 5.90. The fourth-order valence-electron chi connectivity index (χ4n) is 8.87. The molecule has 0 spiro atoms. The molecule has 9 heterocycles. The van der Waals surface area contributed by atoms with Crippen LogP contribution in [0.4, 0.5) is 0 Å². The quantitative estimate of drug-likeness (QED) is 0.0285. The van der Waals surface area contributed by atoms with Gasteiger partial charge < -0.3 is 46.7 Å². The third kappa shape index (κ3) is 16.4. The van der Waals surface area contributed by atoms with Gasteiger partial charge in [0.1, 0.15) is 91.8 Å². The molecule has 24 nitrogen and oxygen atoms in total. The van der Waals surface area contributed by atoms with Crippen molar-refractivity contribution in [2.45, 2.75) is 90.0 Å². The van der Waals surface area contributed by atoms with Crippen LogP contribution in [-0.4, -0.2) is 121 Å². The standard InChI is InChI=1S/C58H57N15O9S9/c1-26(2)41-56-73-44(37(90-56)24-88-91-57(83)32-18-60-25-63-32)49(80)62-19-39(75)70-45(46(77)28-11-9-8-10-12-28)55-69-36(23-87-55)53-66-33(20-85-53)43-29(13-14-30(64-43)52-68-34(21-86-52)47(78)61-16-15-40(76)82-58(4,5)6)51-67-35(22-84-51)48(79)65-31(17-38(74)59-7)54-72-42(27(3)89-54)50(81)71-41/h8-14,18,20-23,25-26,31,41,45-46,77H,15-17,19,24H2,1-7H3,(H,59,74)(H,60,63)(H,61,78)(H,62,80)(H,65,79)(H,70,75)(H,71,81). The maximum atomic E-state index is 14.5. The van der Waals surface area contributed by atoms with E-state index in [2.05, 4.69) is 46.9 Å². The van der Waals surface area contributed by atoms with Gasteiger partial charge in [-0.1, -0.05) is 67.2 Å². The van der Waals surface area contributed by atoms with Crippen LogP contribution in [0.1, 0.15) is 150 Å². The van der Waals surface area contributed by atoms with Crippen LogP contribution in [0.15, 0.2) is 76.5 Å². The number of aryl methyl sites for hydroxylation is 1. The van der Waals surface area contributed by atoms with E-state index in [1.54, 1.807) is 97.9 Å². The summed E-state index contributed by atoms with van der Waals surface area (Å²) in [6.07, 6.45) is 1.55. The van der Waals surface area contributed by atoms with Gasteiger partial charge >= 0.3 is 5.97 Å². The van der Waals surface area contributed by atoms with E-state index >= 15 is 0 Å². The minimum atomic E-state index is -1.30. The van der Waals surface area contributed by atoms with Crippen molar-refractivity contribution in [2.24, 2.45) is 5.92 Å². The molecule has 10 bridgehead atoms. The van der Waals surface area contributed by atoms with Crippen molar-refractivity contribution in [3.8, 4) is 43.4 Å². The van der Waals surface area contributed by atoms with E-state index in [1.807, 2.05) is 13.8 Å². The number of carbonyl (C=O) groups is 7. The molecule has 0 radical (unpaired) electrons.